The van der Waals surface area contributed by atoms with Gasteiger partial charge in [0.15, 0.2) is 0 Å². The van der Waals surface area contributed by atoms with Gasteiger partial charge in [-0.25, -0.2) is 0 Å². The Balaban J connectivity index is 2.22. The molecule has 2 rings (SSSR count). The van der Waals surface area contributed by atoms with Crippen molar-refractivity contribution in [2.75, 3.05) is 12.4 Å². The molecular formula is C15H15IN2O. The molecular weight excluding hydrogens is 351 g/mol. The predicted octanol–water partition coefficient (Wildman–Crippen LogP) is 3.26. The number of hydrogen-bond acceptors (Lipinski definition) is 2. The summed E-state index contributed by atoms with van der Waals surface area (Å²) in [5, 5.41) is 6.06. The lowest BCUT2D eigenvalue weighted by Crippen LogP contribution is -2.16. The maximum Gasteiger partial charge on any atom is 0.256 e. The summed E-state index contributed by atoms with van der Waals surface area (Å²) in [6.07, 6.45) is 0. The van der Waals surface area contributed by atoms with Crippen LogP contribution >= 0.6 is 22.6 Å². The van der Waals surface area contributed by atoms with E-state index in [0.717, 1.165) is 21.4 Å². The molecule has 0 radical (unpaired) electrons. The van der Waals surface area contributed by atoms with Crippen molar-refractivity contribution in [1.82, 2.24) is 5.32 Å². The highest BCUT2D eigenvalue weighted by Crippen LogP contribution is 2.18. The number of nitrogens with one attached hydrogen (secondary N) is 2. The van der Waals surface area contributed by atoms with E-state index in [2.05, 4.69) is 33.2 Å². The number of amides is 1. The summed E-state index contributed by atoms with van der Waals surface area (Å²) in [6.45, 7) is 0.725. The summed E-state index contributed by atoms with van der Waals surface area (Å²) in [4.78, 5) is 12.3. The second-order valence-electron chi connectivity index (χ2n) is 4.12. The van der Waals surface area contributed by atoms with Gasteiger partial charge in [0.25, 0.3) is 5.91 Å². The normalized spacial score (nSPS) is 10.2. The molecule has 0 fully saturated rings. The quantitative estimate of drug-likeness (QED) is 0.816. The number of anilines is 1. The summed E-state index contributed by atoms with van der Waals surface area (Å²) >= 11 is 2.17. The molecule has 0 aliphatic heterocycles. The lowest BCUT2D eigenvalue weighted by atomic mass is 10.1. The highest BCUT2D eigenvalue weighted by molar-refractivity contribution is 14.1. The maximum absolute atomic E-state index is 12.3. The van der Waals surface area contributed by atoms with E-state index in [0.29, 0.717) is 5.56 Å². The van der Waals surface area contributed by atoms with Gasteiger partial charge in [0.2, 0.25) is 0 Å². The first-order chi connectivity index (χ1) is 9.22. The summed E-state index contributed by atoms with van der Waals surface area (Å²) in [5.41, 5.74) is 2.62. The molecule has 0 aliphatic rings. The van der Waals surface area contributed by atoms with E-state index in [1.165, 1.54) is 0 Å². The minimum absolute atomic E-state index is 0.0754. The van der Waals surface area contributed by atoms with Gasteiger partial charge in [0, 0.05) is 15.8 Å². The van der Waals surface area contributed by atoms with Gasteiger partial charge in [-0.15, -0.1) is 0 Å². The summed E-state index contributed by atoms with van der Waals surface area (Å²) in [7, 11) is 1.89. The first-order valence-electron chi connectivity index (χ1n) is 6.00. The minimum Gasteiger partial charge on any atom is -0.322 e. The number of carbonyl (C=O) groups is 1. The molecule has 0 aromatic heterocycles. The highest BCUT2D eigenvalue weighted by atomic mass is 127. The maximum atomic E-state index is 12.3. The van der Waals surface area contributed by atoms with Crippen LogP contribution in [0.25, 0.3) is 0 Å². The van der Waals surface area contributed by atoms with Crippen molar-refractivity contribution < 1.29 is 4.79 Å². The van der Waals surface area contributed by atoms with Crippen molar-refractivity contribution in [3.05, 3.63) is 63.2 Å². The lowest BCUT2D eigenvalue weighted by molar-refractivity contribution is 0.102. The fourth-order valence-corrected chi connectivity index (χ4v) is 2.45. The number of carbonyl (C=O) groups excluding carboxylic acids is 1. The lowest BCUT2D eigenvalue weighted by Gasteiger charge is -2.11. The van der Waals surface area contributed by atoms with Gasteiger partial charge in [-0.1, -0.05) is 30.3 Å². The third-order valence-electron chi connectivity index (χ3n) is 2.75. The second kappa shape index (κ2) is 6.68. The average Bonchev–Trinajstić information content (AvgIpc) is 2.41. The molecule has 19 heavy (non-hydrogen) atoms. The fraction of sp³-hybridized carbons (Fsp3) is 0.133. The van der Waals surface area contributed by atoms with Crippen LogP contribution in [0, 0.1) is 3.57 Å². The van der Waals surface area contributed by atoms with E-state index in [1.807, 2.05) is 55.6 Å². The van der Waals surface area contributed by atoms with Gasteiger partial charge in [-0.05, 0) is 53.4 Å². The Morgan fingerprint density at radius 1 is 1.11 bits per heavy atom. The number of hydrogen-bond donors (Lipinski definition) is 2. The third kappa shape index (κ3) is 3.54. The molecule has 0 unspecified atom stereocenters. The molecule has 0 bridgehead atoms. The van der Waals surface area contributed by atoms with Crippen LogP contribution in [0.3, 0.4) is 0 Å². The Labute approximate surface area is 126 Å². The van der Waals surface area contributed by atoms with Crippen molar-refractivity contribution in [2.45, 2.75) is 6.54 Å². The van der Waals surface area contributed by atoms with Crippen molar-refractivity contribution in [3.63, 3.8) is 0 Å². The van der Waals surface area contributed by atoms with Crippen LogP contribution in [-0.4, -0.2) is 13.0 Å². The number of rotatable bonds is 4. The standard InChI is InChI=1S/C15H15IN2O/c1-17-10-11-6-2-5-9-14(11)18-15(19)12-7-3-4-8-13(12)16/h2-9,17H,10H2,1H3,(H,18,19). The van der Waals surface area contributed by atoms with Crippen LogP contribution in [0.2, 0.25) is 0 Å². The molecule has 2 aromatic rings. The van der Waals surface area contributed by atoms with E-state index in [-0.39, 0.29) is 5.91 Å². The molecule has 0 spiro atoms. The fourth-order valence-electron chi connectivity index (χ4n) is 1.82. The Morgan fingerprint density at radius 3 is 2.53 bits per heavy atom. The molecule has 98 valence electrons. The number of para-hydroxylation sites is 1. The zero-order chi connectivity index (χ0) is 13.7. The van der Waals surface area contributed by atoms with Crippen molar-refractivity contribution >= 4 is 34.2 Å². The van der Waals surface area contributed by atoms with E-state index < -0.39 is 0 Å². The van der Waals surface area contributed by atoms with E-state index in [1.54, 1.807) is 0 Å². The van der Waals surface area contributed by atoms with Crippen molar-refractivity contribution in [1.29, 1.82) is 0 Å². The minimum atomic E-state index is -0.0754. The van der Waals surface area contributed by atoms with Gasteiger partial charge in [0.1, 0.15) is 0 Å². The average molecular weight is 366 g/mol. The SMILES string of the molecule is CNCc1ccccc1NC(=O)c1ccccc1I. The van der Waals surface area contributed by atoms with Crippen LogP contribution in [0.1, 0.15) is 15.9 Å². The molecule has 2 aromatic carbocycles. The monoisotopic (exact) mass is 366 g/mol. The Morgan fingerprint density at radius 2 is 1.79 bits per heavy atom. The summed E-state index contributed by atoms with van der Waals surface area (Å²) < 4.78 is 0.948. The molecule has 0 aliphatic carbocycles. The number of halogens is 1. The van der Waals surface area contributed by atoms with Crippen LogP contribution in [-0.2, 0) is 6.54 Å². The predicted molar refractivity (Wildman–Crippen MR) is 86.3 cm³/mol. The van der Waals surface area contributed by atoms with Crippen LogP contribution in [0.5, 0.6) is 0 Å². The first-order valence-corrected chi connectivity index (χ1v) is 7.08. The highest BCUT2D eigenvalue weighted by Gasteiger charge is 2.10. The van der Waals surface area contributed by atoms with Gasteiger partial charge in [-0.2, -0.15) is 0 Å². The Kier molecular flexibility index (Phi) is 4.93. The molecule has 0 atom stereocenters. The van der Waals surface area contributed by atoms with Crippen LogP contribution in [0.15, 0.2) is 48.5 Å². The van der Waals surface area contributed by atoms with Crippen LogP contribution < -0.4 is 10.6 Å². The van der Waals surface area contributed by atoms with Gasteiger partial charge in [0.05, 0.1) is 5.56 Å². The largest absolute Gasteiger partial charge is 0.322 e. The smallest absolute Gasteiger partial charge is 0.256 e. The van der Waals surface area contributed by atoms with Gasteiger partial charge >= 0.3 is 0 Å². The molecule has 0 saturated carbocycles. The van der Waals surface area contributed by atoms with Crippen molar-refractivity contribution in [3.8, 4) is 0 Å². The Hall–Kier alpha value is -1.40. The van der Waals surface area contributed by atoms with E-state index in [9.17, 15) is 4.79 Å². The molecule has 0 saturated heterocycles. The van der Waals surface area contributed by atoms with Crippen molar-refractivity contribution in [2.24, 2.45) is 0 Å². The zero-order valence-corrected chi connectivity index (χ0v) is 12.8. The first kappa shape index (κ1) is 14.0. The molecule has 2 N–H and O–H groups in total. The van der Waals surface area contributed by atoms with Crippen LogP contribution in [0.4, 0.5) is 5.69 Å². The van der Waals surface area contributed by atoms with E-state index >= 15 is 0 Å². The zero-order valence-electron chi connectivity index (χ0n) is 10.6. The molecule has 3 nitrogen and oxygen atoms in total. The van der Waals surface area contributed by atoms with Gasteiger partial charge < -0.3 is 10.6 Å². The molecule has 4 heteroatoms. The molecule has 1 amide bonds. The third-order valence-corrected chi connectivity index (χ3v) is 3.69. The van der Waals surface area contributed by atoms with E-state index in [4.69, 9.17) is 0 Å². The number of benzene rings is 2. The topological polar surface area (TPSA) is 41.1 Å². The molecule has 0 heterocycles. The Bertz CT molecular complexity index is 584. The summed E-state index contributed by atoms with van der Waals surface area (Å²) in [5.74, 6) is -0.0754. The summed E-state index contributed by atoms with van der Waals surface area (Å²) in [6, 6.07) is 15.4. The van der Waals surface area contributed by atoms with Gasteiger partial charge in [-0.3, -0.25) is 4.79 Å². The second-order valence-corrected chi connectivity index (χ2v) is 5.28.